The van der Waals surface area contributed by atoms with Gasteiger partial charge in [-0.15, -0.1) is 0 Å². The first-order valence-corrected chi connectivity index (χ1v) is 15.6. The van der Waals surface area contributed by atoms with Crippen LogP contribution in [0.3, 0.4) is 0 Å². The van der Waals surface area contributed by atoms with Gasteiger partial charge in [-0.05, 0) is 89.2 Å². The molecule has 0 bridgehead atoms. The topological polar surface area (TPSA) is 90.7 Å². The summed E-state index contributed by atoms with van der Waals surface area (Å²) in [6.45, 7) is 14.3. The summed E-state index contributed by atoms with van der Waals surface area (Å²) in [5.41, 5.74) is 10.5. The van der Waals surface area contributed by atoms with Crippen LogP contribution in [-0.4, -0.2) is 71.3 Å². The van der Waals surface area contributed by atoms with Crippen LogP contribution in [0.1, 0.15) is 87.7 Å². The molecule has 1 saturated heterocycles. The number of pyridine rings is 1. The minimum atomic E-state index is 0.608. The van der Waals surface area contributed by atoms with Crippen LogP contribution in [0.2, 0.25) is 0 Å². The molecule has 4 rings (SSSR count). The van der Waals surface area contributed by atoms with Gasteiger partial charge in [0.15, 0.2) is 0 Å². The Labute approximate surface area is 247 Å². The monoisotopic (exact) mass is 560 g/mol. The molecule has 0 saturated carbocycles. The van der Waals surface area contributed by atoms with Crippen molar-refractivity contribution in [2.45, 2.75) is 72.6 Å². The first-order chi connectivity index (χ1) is 19.9. The number of amidine groups is 1. The van der Waals surface area contributed by atoms with Crippen LogP contribution < -0.4 is 5.73 Å². The lowest BCUT2D eigenvalue weighted by Crippen LogP contribution is -2.34. The van der Waals surface area contributed by atoms with E-state index < -0.39 is 0 Å². The highest BCUT2D eigenvalue weighted by atomic mass is 16.1. The Bertz CT molecular complexity index is 1210. The van der Waals surface area contributed by atoms with Crippen molar-refractivity contribution in [2.24, 2.45) is 17.6 Å². The number of aldehydes is 1. The zero-order valence-corrected chi connectivity index (χ0v) is 26.0. The van der Waals surface area contributed by atoms with Gasteiger partial charge in [0.05, 0.1) is 11.2 Å². The third kappa shape index (κ3) is 9.23. The molecular weight excluding hydrogens is 508 g/mol. The second-order valence-corrected chi connectivity index (χ2v) is 12.0. The Morgan fingerprint density at radius 2 is 1.63 bits per heavy atom. The number of carbonyl (C=O) groups is 1. The fourth-order valence-electron chi connectivity index (χ4n) is 5.45. The zero-order chi connectivity index (χ0) is 29.8. The number of benzene rings is 1. The van der Waals surface area contributed by atoms with Gasteiger partial charge < -0.3 is 15.5 Å². The molecule has 0 spiro atoms. The quantitative estimate of drug-likeness (QED) is 0.141. The van der Waals surface area contributed by atoms with Crippen LogP contribution in [0.4, 0.5) is 0 Å². The van der Waals surface area contributed by atoms with E-state index >= 15 is 0 Å². The molecule has 0 radical (unpaired) electrons. The number of nitrogens with two attached hydrogens (primary N) is 1. The Hall–Kier alpha value is -3.03. The van der Waals surface area contributed by atoms with Crippen LogP contribution in [0, 0.1) is 17.2 Å². The number of aryl methyl sites for hydroxylation is 1. The third-order valence-corrected chi connectivity index (χ3v) is 7.95. The molecule has 0 aliphatic carbocycles. The van der Waals surface area contributed by atoms with Gasteiger partial charge >= 0.3 is 0 Å². The molecular formula is C34H52N6O. The Morgan fingerprint density at radius 3 is 2.22 bits per heavy atom. The molecule has 1 aliphatic rings. The van der Waals surface area contributed by atoms with Crippen molar-refractivity contribution in [1.29, 1.82) is 5.41 Å². The molecule has 1 aromatic carbocycles. The predicted molar refractivity (Wildman–Crippen MR) is 172 cm³/mol. The van der Waals surface area contributed by atoms with E-state index in [-0.39, 0.29) is 0 Å². The summed E-state index contributed by atoms with van der Waals surface area (Å²) < 4.78 is 1.97. The standard InChI is InChI=1S/C33H47N5O.CH5N/c1-25(2)14-20-37(21-15-26(3)4)33(34)29-16-22-38-31(23-29)30(9-8-19-36-17-6-5-7-18-36)32(35-38)28-12-10-27(24-39)11-13-28;1-2/h10-13,16,22-26,34H,5-9,14-15,17-21H2,1-4H3;2H2,1H3. The van der Waals surface area contributed by atoms with Crippen LogP contribution in [-0.2, 0) is 6.42 Å². The van der Waals surface area contributed by atoms with Gasteiger partial charge in [-0.25, -0.2) is 4.52 Å². The van der Waals surface area contributed by atoms with Crippen molar-refractivity contribution in [1.82, 2.24) is 19.4 Å². The summed E-state index contributed by atoms with van der Waals surface area (Å²) in [7, 11) is 1.50. The van der Waals surface area contributed by atoms with E-state index in [2.05, 4.69) is 49.3 Å². The number of fused-ring (bicyclic) bond motifs is 1. The lowest BCUT2D eigenvalue weighted by Gasteiger charge is -2.27. The molecule has 41 heavy (non-hydrogen) atoms. The third-order valence-electron chi connectivity index (χ3n) is 7.95. The van der Waals surface area contributed by atoms with E-state index in [4.69, 9.17) is 10.5 Å². The lowest BCUT2D eigenvalue weighted by atomic mass is 10.0. The summed E-state index contributed by atoms with van der Waals surface area (Å²) >= 11 is 0. The maximum absolute atomic E-state index is 11.2. The molecule has 7 nitrogen and oxygen atoms in total. The smallest absolute Gasteiger partial charge is 0.150 e. The fraction of sp³-hybridized carbons (Fsp3) is 0.559. The minimum absolute atomic E-state index is 0.608. The molecule has 0 amide bonds. The Kier molecular flexibility index (Phi) is 13.0. The average molecular weight is 561 g/mol. The van der Waals surface area contributed by atoms with Gasteiger partial charge in [0.25, 0.3) is 0 Å². The molecule has 3 heterocycles. The first-order valence-electron chi connectivity index (χ1n) is 15.6. The number of piperidine rings is 1. The van der Waals surface area contributed by atoms with Gasteiger partial charge in [0, 0.05) is 41.5 Å². The summed E-state index contributed by atoms with van der Waals surface area (Å²) in [6.07, 6.45) is 11.0. The molecule has 7 heteroatoms. The van der Waals surface area contributed by atoms with Gasteiger partial charge in [0.2, 0.25) is 0 Å². The molecule has 0 atom stereocenters. The largest absolute Gasteiger partial charge is 0.357 e. The van der Waals surface area contributed by atoms with Gasteiger partial charge in [-0.2, -0.15) is 5.10 Å². The van der Waals surface area contributed by atoms with Crippen molar-refractivity contribution in [3.63, 3.8) is 0 Å². The highest BCUT2D eigenvalue weighted by Gasteiger charge is 2.19. The number of hydrogen-bond donors (Lipinski definition) is 2. The van der Waals surface area contributed by atoms with Gasteiger partial charge in [-0.1, -0.05) is 58.4 Å². The normalized spacial score (nSPS) is 13.9. The van der Waals surface area contributed by atoms with Crippen molar-refractivity contribution in [3.05, 3.63) is 59.3 Å². The van der Waals surface area contributed by atoms with E-state index in [0.29, 0.717) is 23.2 Å². The number of nitrogens with zero attached hydrogens (tertiary/aromatic N) is 4. The fourth-order valence-corrected chi connectivity index (χ4v) is 5.45. The summed E-state index contributed by atoms with van der Waals surface area (Å²) in [5, 5.41) is 14.2. The van der Waals surface area contributed by atoms with E-state index in [0.717, 1.165) is 73.9 Å². The molecule has 3 aromatic rings. The molecule has 0 unspecified atom stereocenters. The number of hydrogen-bond acceptors (Lipinski definition) is 5. The number of aromatic nitrogens is 2. The van der Waals surface area contributed by atoms with Gasteiger partial charge in [-0.3, -0.25) is 10.2 Å². The predicted octanol–water partition coefficient (Wildman–Crippen LogP) is 6.53. The molecule has 3 N–H and O–H groups in total. The highest BCUT2D eigenvalue weighted by molar-refractivity contribution is 5.97. The van der Waals surface area contributed by atoms with Crippen LogP contribution >= 0.6 is 0 Å². The molecule has 1 fully saturated rings. The SMILES string of the molecule is CC(C)CCN(CCC(C)C)C(=N)c1ccn2nc(-c3ccc(C=O)cc3)c(CCCN3CCCCC3)c2c1.CN. The van der Waals surface area contributed by atoms with E-state index in [1.807, 2.05) is 41.0 Å². The number of nitrogens with one attached hydrogen (secondary N) is 1. The van der Waals surface area contributed by atoms with Gasteiger partial charge in [0.1, 0.15) is 12.1 Å². The van der Waals surface area contributed by atoms with E-state index in [1.165, 1.54) is 45.0 Å². The minimum Gasteiger partial charge on any atom is -0.357 e. The maximum atomic E-state index is 11.2. The summed E-state index contributed by atoms with van der Waals surface area (Å²) in [5.74, 6) is 1.82. The maximum Gasteiger partial charge on any atom is 0.150 e. The van der Waals surface area contributed by atoms with Crippen molar-refractivity contribution >= 4 is 17.6 Å². The van der Waals surface area contributed by atoms with Crippen LogP contribution in [0.15, 0.2) is 42.6 Å². The zero-order valence-electron chi connectivity index (χ0n) is 26.0. The number of carbonyl (C=O) groups excluding carboxylic acids is 1. The van der Waals surface area contributed by atoms with Crippen molar-refractivity contribution in [2.75, 3.05) is 39.8 Å². The highest BCUT2D eigenvalue weighted by Crippen LogP contribution is 2.29. The lowest BCUT2D eigenvalue weighted by molar-refractivity contribution is 0.112. The molecule has 1 aliphatic heterocycles. The van der Waals surface area contributed by atoms with E-state index in [9.17, 15) is 4.79 Å². The first kappa shape index (κ1) is 32.5. The van der Waals surface area contributed by atoms with E-state index in [1.54, 1.807) is 0 Å². The van der Waals surface area contributed by atoms with Crippen LogP contribution in [0.5, 0.6) is 0 Å². The summed E-state index contributed by atoms with van der Waals surface area (Å²) in [6, 6.07) is 12.0. The van der Waals surface area contributed by atoms with Crippen LogP contribution in [0.25, 0.3) is 16.8 Å². The second kappa shape index (κ2) is 16.4. The molecule has 224 valence electrons. The van der Waals surface area contributed by atoms with Crippen molar-refractivity contribution in [3.8, 4) is 11.3 Å². The Morgan fingerprint density at radius 1 is 1.00 bits per heavy atom. The summed E-state index contributed by atoms with van der Waals surface area (Å²) in [4.78, 5) is 16.1. The second-order valence-electron chi connectivity index (χ2n) is 12.0. The number of likely N-dealkylation sites (tertiary alicyclic amines) is 1. The number of rotatable bonds is 13. The van der Waals surface area contributed by atoms with Crippen molar-refractivity contribution < 1.29 is 4.79 Å². The average Bonchev–Trinajstić information content (AvgIpc) is 3.36. The molecule has 2 aromatic heterocycles. The Balaban J connectivity index is 0.00000226.